The van der Waals surface area contributed by atoms with Crippen LogP contribution in [0.15, 0.2) is 25.3 Å². The minimum atomic E-state index is -1.61. The first-order valence-electron chi connectivity index (χ1n) is 6.16. The Balaban J connectivity index is 4.97. The second-order valence-electron chi connectivity index (χ2n) is 4.83. The number of carbonyl (C=O) groups is 1. The molecule has 0 fully saturated rings. The summed E-state index contributed by atoms with van der Waals surface area (Å²) in [5, 5.41) is 0. The lowest BCUT2D eigenvalue weighted by Crippen LogP contribution is -2.44. The summed E-state index contributed by atoms with van der Waals surface area (Å²) in [6, 6.07) is 0. The Kier molecular flexibility index (Phi) is 7.63. The van der Waals surface area contributed by atoms with E-state index in [-0.39, 0.29) is 6.54 Å². The maximum absolute atomic E-state index is 12.3. The zero-order valence-corrected chi connectivity index (χ0v) is 13.0. The molecule has 6 heteroatoms. The minimum Gasteiger partial charge on any atom is -0.443 e. The maximum Gasteiger partial charge on any atom is 0.423 e. The molecule has 1 atom stereocenters. The topological polar surface area (TPSA) is 49.9 Å². The van der Waals surface area contributed by atoms with Gasteiger partial charge in [0.25, 0.3) is 0 Å². The third-order valence-corrected chi connectivity index (χ3v) is 3.51. The highest BCUT2D eigenvalue weighted by Crippen LogP contribution is 2.13. The van der Waals surface area contributed by atoms with Gasteiger partial charge < -0.3 is 4.74 Å². The molecule has 0 aliphatic heterocycles. The van der Waals surface area contributed by atoms with Crippen LogP contribution in [-0.2, 0) is 15.9 Å². The smallest absolute Gasteiger partial charge is 0.423 e. The second-order valence-corrected chi connectivity index (χ2v) is 6.25. The third kappa shape index (κ3) is 6.54. The number of carbonyl (C=O) groups excluding carboxylic acids is 1. The summed E-state index contributed by atoms with van der Waals surface area (Å²) in [7, 11) is 0. The predicted molar refractivity (Wildman–Crippen MR) is 78.7 cm³/mol. The molecule has 0 saturated heterocycles. The molecule has 0 aromatic rings. The van der Waals surface area contributed by atoms with Gasteiger partial charge in [0.05, 0.1) is 6.54 Å². The Morgan fingerprint density at radius 2 is 1.79 bits per heavy atom. The van der Waals surface area contributed by atoms with E-state index in [9.17, 15) is 9.00 Å². The molecule has 1 unspecified atom stereocenters. The quantitative estimate of drug-likeness (QED) is 0.676. The lowest BCUT2D eigenvalue weighted by molar-refractivity contribution is 0.0404. The van der Waals surface area contributed by atoms with E-state index < -0.39 is 22.9 Å². The van der Waals surface area contributed by atoms with E-state index in [0.717, 1.165) is 4.31 Å². The molecule has 110 valence electrons. The number of nitrogens with zero attached hydrogens (tertiary/aromatic N) is 2. The van der Waals surface area contributed by atoms with Crippen LogP contribution in [0.5, 0.6) is 0 Å². The van der Waals surface area contributed by atoms with E-state index in [1.807, 2.05) is 6.92 Å². The Morgan fingerprint density at radius 1 is 1.26 bits per heavy atom. The highest BCUT2D eigenvalue weighted by molar-refractivity contribution is 7.80. The second kappa shape index (κ2) is 8.12. The third-order valence-electron chi connectivity index (χ3n) is 1.99. The van der Waals surface area contributed by atoms with Crippen molar-refractivity contribution in [3.05, 3.63) is 25.3 Å². The first kappa shape index (κ1) is 17.9. The Hall–Kier alpha value is -1.14. The van der Waals surface area contributed by atoms with E-state index in [2.05, 4.69) is 13.2 Å². The molecule has 0 spiro atoms. The van der Waals surface area contributed by atoms with Crippen LogP contribution in [0.3, 0.4) is 0 Å². The van der Waals surface area contributed by atoms with Crippen LogP contribution < -0.4 is 0 Å². The van der Waals surface area contributed by atoms with Gasteiger partial charge in [-0.2, -0.15) is 0 Å². The van der Waals surface area contributed by atoms with Crippen molar-refractivity contribution in [3.63, 3.8) is 0 Å². The fraction of sp³-hybridized carbons (Fsp3) is 0.615. The number of hydrogen-bond acceptors (Lipinski definition) is 3. The van der Waals surface area contributed by atoms with Crippen LogP contribution in [0.25, 0.3) is 0 Å². The van der Waals surface area contributed by atoms with Crippen LogP contribution in [0.1, 0.15) is 27.7 Å². The number of rotatable bonds is 7. The predicted octanol–water partition coefficient (Wildman–Crippen LogP) is 2.50. The van der Waals surface area contributed by atoms with Gasteiger partial charge in [-0.15, -0.1) is 13.2 Å². The molecule has 0 bridgehead atoms. The van der Waals surface area contributed by atoms with Crippen molar-refractivity contribution in [1.29, 1.82) is 0 Å². The van der Waals surface area contributed by atoms with E-state index in [1.54, 1.807) is 31.2 Å². The van der Waals surface area contributed by atoms with Gasteiger partial charge in [0.2, 0.25) is 11.2 Å². The average Bonchev–Trinajstić information content (AvgIpc) is 2.29. The van der Waals surface area contributed by atoms with Gasteiger partial charge in [0.15, 0.2) is 0 Å². The summed E-state index contributed by atoms with van der Waals surface area (Å²) in [5.74, 6) is 0. The summed E-state index contributed by atoms with van der Waals surface area (Å²) >= 11 is -1.61. The van der Waals surface area contributed by atoms with Crippen molar-refractivity contribution < 1.29 is 13.7 Å². The zero-order valence-electron chi connectivity index (χ0n) is 12.2. The largest absolute Gasteiger partial charge is 0.443 e. The van der Waals surface area contributed by atoms with Gasteiger partial charge in [-0.25, -0.2) is 17.6 Å². The van der Waals surface area contributed by atoms with E-state index in [0.29, 0.717) is 13.1 Å². The number of ether oxygens (including phenoxy) is 1. The summed E-state index contributed by atoms with van der Waals surface area (Å²) < 4.78 is 20.3. The minimum absolute atomic E-state index is 0.162. The van der Waals surface area contributed by atoms with Crippen LogP contribution >= 0.6 is 0 Å². The summed E-state index contributed by atoms with van der Waals surface area (Å²) in [6.07, 6.45) is 2.54. The van der Waals surface area contributed by atoms with Crippen molar-refractivity contribution >= 4 is 17.3 Å². The molecule has 0 radical (unpaired) electrons. The molecule has 0 rings (SSSR count). The Bertz CT molecular complexity index is 350. The van der Waals surface area contributed by atoms with Crippen LogP contribution in [0.4, 0.5) is 4.79 Å². The number of amides is 1. The highest BCUT2D eigenvalue weighted by Gasteiger charge is 2.28. The first-order chi connectivity index (χ1) is 8.76. The van der Waals surface area contributed by atoms with Crippen molar-refractivity contribution in [3.8, 4) is 0 Å². The Labute approximate surface area is 118 Å². The molecular weight excluding hydrogens is 264 g/mol. The first-order valence-corrected chi connectivity index (χ1v) is 7.22. The fourth-order valence-electron chi connectivity index (χ4n) is 1.22. The number of hydrogen-bond donors (Lipinski definition) is 0. The van der Waals surface area contributed by atoms with Crippen molar-refractivity contribution in [1.82, 2.24) is 8.61 Å². The van der Waals surface area contributed by atoms with E-state index in [1.165, 1.54) is 6.08 Å². The number of likely N-dealkylation sites (N-methyl/N-ethyl adjacent to an activating group) is 1. The van der Waals surface area contributed by atoms with Gasteiger partial charge in [-0.3, -0.25) is 0 Å². The molecule has 1 amide bonds. The van der Waals surface area contributed by atoms with Crippen LogP contribution in [0, 0.1) is 0 Å². The fourth-order valence-corrected chi connectivity index (χ4v) is 2.35. The SMILES string of the molecule is C=CCN(CC)S(=O)N(CC=C)C(=O)OC(C)(C)C. The molecule has 0 aromatic heterocycles. The van der Waals surface area contributed by atoms with E-state index in [4.69, 9.17) is 4.74 Å². The molecule has 0 N–H and O–H groups in total. The van der Waals surface area contributed by atoms with Gasteiger partial charge in [-0.1, -0.05) is 19.1 Å². The van der Waals surface area contributed by atoms with Gasteiger partial charge >= 0.3 is 6.09 Å². The monoisotopic (exact) mass is 288 g/mol. The van der Waals surface area contributed by atoms with E-state index >= 15 is 0 Å². The van der Waals surface area contributed by atoms with Crippen LogP contribution in [0.2, 0.25) is 0 Å². The molecular formula is C13H24N2O3S. The van der Waals surface area contributed by atoms with Gasteiger partial charge in [-0.05, 0) is 20.8 Å². The zero-order chi connectivity index (χ0) is 15.1. The molecule has 0 saturated carbocycles. The summed E-state index contributed by atoms with van der Waals surface area (Å²) in [6.45, 7) is 15.5. The van der Waals surface area contributed by atoms with Crippen LogP contribution in [-0.4, -0.2) is 44.1 Å². The summed E-state index contributed by atoms with van der Waals surface area (Å²) in [5.41, 5.74) is -0.629. The lowest BCUT2D eigenvalue weighted by atomic mass is 10.2. The molecule has 19 heavy (non-hydrogen) atoms. The van der Waals surface area contributed by atoms with Gasteiger partial charge in [0.1, 0.15) is 5.60 Å². The lowest BCUT2D eigenvalue weighted by Gasteiger charge is -2.29. The standard InChI is InChI=1S/C13H24N2O3S/c1-7-10-14(9-3)19(17)15(11-8-2)12(16)18-13(4,5)6/h7-8H,1-2,9-11H2,3-6H3. The van der Waals surface area contributed by atoms with Crippen molar-refractivity contribution in [2.24, 2.45) is 0 Å². The van der Waals surface area contributed by atoms with Crippen molar-refractivity contribution in [2.75, 3.05) is 19.6 Å². The van der Waals surface area contributed by atoms with Crippen molar-refractivity contribution in [2.45, 2.75) is 33.3 Å². The average molecular weight is 288 g/mol. The molecule has 5 nitrogen and oxygen atoms in total. The highest BCUT2D eigenvalue weighted by atomic mass is 32.2. The Morgan fingerprint density at radius 3 is 2.16 bits per heavy atom. The molecule has 0 heterocycles. The molecule has 0 aromatic carbocycles. The molecule has 0 aliphatic rings. The van der Waals surface area contributed by atoms with Gasteiger partial charge in [0, 0.05) is 13.1 Å². The maximum atomic E-state index is 12.3. The normalized spacial score (nSPS) is 12.9. The summed E-state index contributed by atoms with van der Waals surface area (Å²) in [4.78, 5) is 12.0. The molecule has 0 aliphatic carbocycles.